The molecule has 0 aliphatic carbocycles. The van der Waals surface area contributed by atoms with Gasteiger partial charge in [-0.1, -0.05) is 17.5 Å². The zero-order valence-corrected chi connectivity index (χ0v) is 13.9. The maximum atomic E-state index is 9.84. The third-order valence-electron chi connectivity index (χ3n) is 3.73. The van der Waals surface area contributed by atoms with E-state index in [0.29, 0.717) is 17.3 Å². The van der Waals surface area contributed by atoms with Gasteiger partial charge < -0.3 is 5.11 Å². The smallest absolute Gasteiger partial charge is 0.160 e. The largest absolute Gasteiger partial charge is 0.378 e. The summed E-state index contributed by atoms with van der Waals surface area (Å²) in [4.78, 5) is 8.77. The molecule has 1 N–H and O–H groups in total. The van der Waals surface area contributed by atoms with Gasteiger partial charge in [0.25, 0.3) is 0 Å². The van der Waals surface area contributed by atoms with Crippen molar-refractivity contribution in [2.75, 3.05) is 0 Å². The second-order valence-corrected chi connectivity index (χ2v) is 6.56. The summed E-state index contributed by atoms with van der Waals surface area (Å²) in [5, 5.41) is 14.8. The molecule has 1 aromatic carbocycles. The molecule has 0 saturated carbocycles. The number of halogens is 1. The van der Waals surface area contributed by atoms with Gasteiger partial charge in [-0.2, -0.15) is 5.10 Å². The molecule has 120 valence electrons. The lowest BCUT2D eigenvalue weighted by Gasteiger charge is -2.08. The summed E-state index contributed by atoms with van der Waals surface area (Å²) in [6.07, 6.45) is 3.25. The Kier molecular flexibility index (Phi) is 3.23. The van der Waals surface area contributed by atoms with Gasteiger partial charge in [-0.25, -0.2) is 14.6 Å². The molecule has 0 amide bonds. The van der Waals surface area contributed by atoms with E-state index in [-0.39, 0.29) is 0 Å². The van der Waals surface area contributed by atoms with Crippen molar-refractivity contribution in [1.82, 2.24) is 24.3 Å². The van der Waals surface area contributed by atoms with Gasteiger partial charge in [0, 0.05) is 10.6 Å². The molecule has 0 bridgehead atoms. The highest BCUT2D eigenvalue weighted by molar-refractivity contribution is 6.31. The molecule has 4 rings (SSSR count). The van der Waals surface area contributed by atoms with Gasteiger partial charge in [0.1, 0.15) is 23.9 Å². The van der Waals surface area contributed by atoms with Crippen LogP contribution < -0.4 is 0 Å². The maximum Gasteiger partial charge on any atom is 0.160 e. The Morgan fingerprint density at radius 1 is 1.29 bits per heavy atom. The number of hydrogen-bond donors (Lipinski definition) is 1. The molecule has 0 spiro atoms. The Balaban J connectivity index is 1.96. The van der Waals surface area contributed by atoms with Crippen molar-refractivity contribution in [3.05, 3.63) is 47.3 Å². The number of nitrogens with zero attached hydrogens (tertiary/aromatic N) is 5. The second kappa shape index (κ2) is 5.20. The molecular weight excluding hydrogens is 326 g/mol. The number of imidazole rings is 1. The summed E-state index contributed by atoms with van der Waals surface area (Å²) < 4.78 is 3.77. The van der Waals surface area contributed by atoms with Gasteiger partial charge in [-0.15, -0.1) is 0 Å². The van der Waals surface area contributed by atoms with Crippen molar-refractivity contribution in [3.63, 3.8) is 0 Å². The van der Waals surface area contributed by atoms with Gasteiger partial charge in [-0.05, 0) is 38.0 Å². The topological polar surface area (TPSA) is 68.8 Å². The van der Waals surface area contributed by atoms with E-state index in [1.54, 1.807) is 24.9 Å². The molecule has 24 heavy (non-hydrogen) atoms. The van der Waals surface area contributed by atoms with E-state index in [1.165, 1.54) is 6.33 Å². The van der Waals surface area contributed by atoms with Gasteiger partial charge >= 0.3 is 0 Å². The number of rotatable bonds is 0. The lowest BCUT2D eigenvalue weighted by molar-refractivity contribution is 0.143. The minimum Gasteiger partial charge on any atom is -0.378 e. The second-order valence-electron chi connectivity index (χ2n) is 6.12. The number of aliphatic hydroxyl groups is 1. The molecule has 1 aliphatic heterocycles. The van der Waals surface area contributed by atoms with Crippen LogP contribution in [0.1, 0.15) is 25.2 Å². The Morgan fingerprint density at radius 2 is 2.12 bits per heavy atom. The van der Waals surface area contributed by atoms with E-state index in [1.807, 2.05) is 22.8 Å². The van der Waals surface area contributed by atoms with Crippen LogP contribution in [-0.2, 0) is 6.54 Å². The molecule has 0 atom stereocenters. The predicted molar refractivity (Wildman–Crippen MR) is 89.9 cm³/mol. The van der Waals surface area contributed by atoms with Crippen LogP contribution in [0.25, 0.3) is 17.1 Å². The predicted octanol–water partition coefficient (Wildman–Crippen LogP) is 2.27. The molecule has 2 aromatic heterocycles. The van der Waals surface area contributed by atoms with Gasteiger partial charge in [-0.3, -0.25) is 4.57 Å². The van der Waals surface area contributed by atoms with Gasteiger partial charge in [0.05, 0.1) is 17.9 Å². The summed E-state index contributed by atoms with van der Waals surface area (Å²) in [6.45, 7) is 3.76. The van der Waals surface area contributed by atoms with E-state index >= 15 is 0 Å². The molecule has 3 heterocycles. The first-order valence-corrected chi connectivity index (χ1v) is 7.80. The van der Waals surface area contributed by atoms with Crippen molar-refractivity contribution >= 4 is 11.6 Å². The zero-order chi connectivity index (χ0) is 16.9. The molecule has 6 nitrogen and oxygen atoms in total. The number of fused-ring (bicyclic) bond motifs is 5. The minimum absolute atomic E-state index is 0.484. The first-order valence-electron chi connectivity index (χ1n) is 7.42. The summed E-state index contributed by atoms with van der Waals surface area (Å²) >= 11 is 6.16. The minimum atomic E-state index is -1.08. The molecule has 0 radical (unpaired) electrons. The monoisotopic (exact) mass is 339 g/mol. The lowest BCUT2D eigenvalue weighted by atomic mass is 10.1. The van der Waals surface area contributed by atoms with Crippen molar-refractivity contribution in [1.29, 1.82) is 0 Å². The number of hydrogen-bond acceptors (Lipinski definition) is 4. The molecule has 0 saturated heterocycles. The van der Waals surface area contributed by atoms with E-state index in [2.05, 4.69) is 26.9 Å². The summed E-state index contributed by atoms with van der Waals surface area (Å²) in [5.41, 5.74) is 2.23. The van der Waals surface area contributed by atoms with Crippen molar-refractivity contribution in [2.24, 2.45) is 0 Å². The van der Waals surface area contributed by atoms with E-state index < -0.39 is 5.60 Å². The lowest BCUT2D eigenvalue weighted by Crippen LogP contribution is -2.14. The Hall–Kier alpha value is -2.62. The Morgan fingerprint density at radius 3 is 2.92 bits per heavy atom. The zero-order valence-electron chi connectivity index (χ0n) is 13.2. The van der Waals surface area contributed by atoms with Crippen molar-refractivity contribution in [2.45, 2.75) is 26.0 Å². The van der Waals surface area contributed by atoms with Crippen molar-refractivity contribution in [3.8, 4) is 28.9 Å². The molecule has 3 aromatic rings. The van der Waals surface area contributed by atoms with Crippen LogP contribution >= 0.6 is 11.6 Å². The number of aromatic nitrogens is 5. The first-order chi connectivity index (χ1) is 11.4. The highest BCUT2D eigenvalue weighted by atomic mass is 35.5. The fourth-order valence-electron chi connectivity index (χ4n) is 2.68. The normalized spacial score (nSPS) is 12.5. The van der Waals surface area contributed by atoms with E-state index in [4.69, 9.17) is 11.6 Å². The first kappa shape index (κ1) is 14.9. The quantitative estimate of drug-likeness (QED) is 0.499. The summed E-state index contributed by atoms with van der Waals surface area (Å²) in [7, 11) is 0. The average molecular weight is 340 g/mol. The van der Waals surface area contributed by atoms with Crippen LogP contribution in [0.3, 0.4) is 0 Å². The fourth-order valence-corrected chi connectivity index (χ4v) is 2.85. The van der Waals surface area contributed by atoms with Crippen LogP contribution in [0.5, 0.6) is 0 Å². The van der Waals surface area contributed by atoms with Crippen LogP contribution in [-0.4, -0.2) is 35.0 Å². The van der Waals surface area contributed by atoms with E-state index in [9.17, 15) is 5.11 Å². The number of benzene rings is 1. The standard InChI is InChI=1S/C17H14ClN5O/c1-17(2,24)6-5-13-15-8-23-16(19-9-21-23)12-7-11(18)3-4-14(12)22(15)10-20-13/h3-4,7,9-10,24H,8H2,1-2H3. The summed E-state index contributed by atoms with van der Waals surface area (Å²) in [6, 6.07) is 5.63. The van der Waals surface area contributed by atoms with Crippen LogP contribution in [0.2, 0.25) is 5.02 Å². The highest BCUT2D eigenvalue weighted by Gasteiger charge is 2.23. The Bertz CT molecular complexity index is 1000. The third-order valence-corrected chi connectivity index (χ3v) is 3.96. The van der Waals surface area contributed by atoms with E-state index in [0.717, 1.165) is 22.8 Å². The third kappa shape index (κ3) is 2.48. The molecule has 1 aliphatic rings. The van der Waals surface area contributed by atoms with Crippen LogP contribution in [0.15, 0.2) is 30.9 Å². The Labute approximate surface area is 143 Å². The fraction of sp³-hybridized carbons (Fsp3) is 0.235. The van der Waals surface area contributed by atoms with Crippen molar-refractivity contribution < 1.29 is 5.11 Å². The molecule has 0 unspecified atom stereocenters. The molecule has 0 fully saturated rings. The van der Waals surface area contributed by atoms with Gasteiger partial charge in [0.15, 0.2) is 5.82 Å². The molecular formula is C17H14ClN5O. The molecule has 7 heteroatoms. The average Bonchev–Trinajstić information content (AvgIpc) is 3.10. The van der Waals surface area contributed by atoms with Crippen LogP contribution in [0, 0.1) is 11.8 Å². The highest BCUT2D eigenvalue weighted by Crippen LogP contribution is 2.32. The van der Waals surface area contributed by atoms with Crippen LogP contribution in [0.4, 0.5) is 0 Å². The summed E-state index contributed by atoms with van der Waals surface area (Å²) in [5.74, 6) is 6.52. The van der Waals surface area contributed by atoms with Gasteiger partial charge in [0.2, 0.25) is 0 Å². The maximum absolute atomic E-state index is 9.84. The SMILES string of the molecule is CC(C)(O)C#Cc1ncn2c1Cn1ncnc1-c1cc(Cl)ccc1-2.